The second-order valence-corrected chi connectivity index (χ2v) is 5.22. The molecule has 1 unspecified atom stereocenters. The zero-order valence-corrected chi connectivity index (χ0v) is 11.2. The molecule has 94 valence electrons. The maximum Gasteiger partial charge on any atom is 0.0468 e. The van der Waals surface area contributed by atoms with E-state index in [1.807, 2.05) is 18.2 Å². The van der Waals surface area contributed by atoms with E-state index in [0.717, 1.165) is 18.7 Å². The Balaban J connectivity index is 2.31. The van der Waals surface area contributed by atoms with Crippen molar-refractivity contribution in [1.82, 2.24) is 4.90 Å². The first-order valence-electron chi connectivity index (χ1n) is 6.03. The summed E-state index contributed by atoms with van der Waals surface area (Å²) in [5.74, 6) is 0. The smallest absolute Gasteiger partial charge is 0.0468 e. The minimum Gasteiger partial charge on any atom is -0.396 e. The molecule has 1 aromatic carbocycles. The van der Waals surface area contributed by atoms with Gasteiger partial charge in [-0.05, 0) is 44.5 Å². The number of hydrogen-bond acceptors (Lipinski definition) is 2. The average Bonchev–Trinajstić information content (AvgIpc) is 2.80. The van der Waals surface area contributed by atoms with Crippen molar-refractivity contribution in [3.63, 3.8) is 0 Å². The monoisotopic (exact) mass is 273 g/mol. The van der Waals surface area contributed by atoms with Gasteiger partial charge in [-0.2, -0.15) is 0 Å². The van der Waals surface area contributed by atoms with Crippen molar-refractivity contribution in [3.05, 3.63) is 33.8 Å². The Kier molecular flexibility index (Phi) is 4.69. The highest BCUT2D eigenvalue weighted by Crippen LogP contribution is 2.36. The first kappa shape index (κ1) is 13.2. The second kappa shape index (κ2) is 6.05. The maximum atomic E-state index is 9.23. The molecule has 0 radical (unpaired) electrons. The molecule has 17 heavy (non-hydrogen) atoms. The molecule has 4 heteroatoms. The van der Waals surface area contributed by atoms with Crippen LogP contribution in [0.2, 0.25) is 10.0 Å². The van der Waals surface area contributed by atoms with E-state index >= 15 is 0 Å². The molecule has 1 fully saturated rings. The van der Waals surface area contributed by atoms with Crippen LogP contribution < -0.4 is 0 Å². The van der Waals surface area contributed by atoms with E-state index in [2.05, 4.69) is 4.90 Å². The van der Waals surface area contributed by atoms with Crippen LogP contribution in [0.1, 0.15) is 30.9 Å². The van der Waals surface area contributed by atoms with Gasteiger partial charge in [0.1, 0.15) is 0 Å². The molecule has 1 heterocycles. The van der Waals surface area contributed by atoms with E-state index in [0.29, 0.717) is 16.5 Å². The van der Waals surface area contributed by atoms with E-state index in [-0.39, 0.29) is 12.6 Å². The number of hydrogen-bond donors (Lipinski definition) is 1. The maximum absolute atomic E-state index is 9.23. The van der Waals surface area contributed by atoms with Gasteiger partial charge >= 0.3 is 0 Å². The SMILES string of the molecule is OCCC(c1c(Cl)cccc1Cl)N1CCCC1. The molecule has 0 spiro atoms. The van der Waals surface area contributed by atoms with Crippen molar-refractivity contribution in [2.45, 2.75) is 25.3 Å². The third-order valence-corrected chi connectivity index (χ3v) is 3.98. The molecule has 0 amide bonds. The number of aliphatic hydroxyl groups is 1. The summed E-state index contributed by atoms with van der Waals surface area (Å²) < 4.78 is 0. The van der Waals surface area contributed by atoms with Gasteiger partial charge in [0.2, 0.25) is 0 Å². The van der Waals surface area contributed by atoms with Crippen LogP contribution in [0, 0.1) is 0 Å². The summed E-state index contributed by atoms with van der Waals surface area (Å²) in [6, 6.07) is 5.73. The number of aliphatic hydroxyl groups excluding tert-OH is 1. The van der Waals surface area contributed by atoms with Gasteiger partial charge in [-0.25, -0.2) is 0 Å². The van der Waals surface area contributed by atoms with Crippen molar-refractivity contribution < 1.29 is 5.11 Å². The van der Waals surface area contributed by atoms with Crippen molar-refractivity contribution in [3.8, 4) is 0 Å². The lowest BCUT2D eigenvalue weighted by molar-refractivity contribution is 0.185. The molecular formula is C13H17Cl2NO. The Hall–Kier alpha value is -0.280. The quantitative estimate of drug-likeness (QED) is 0.908. The Bertz CT molecular complexity index is 357. The van der Waals surface area contributed by atoms with Gasteiger partial charge in [0, 0.05) is 28.3 Å². The molecule has 0 aromatic heterocycles. The lowest BCUT2D eigenvalue weighted by Gasteiger charge is -2.28. The number of likely N-dealkylation sites (tertiary alicyclic amines) is 1. The van der Waals surface area contributed by atoms with E-state index in [4.69, 9.17) is 23.2 Å². The summed E-state index contributed by atoms with van der Waals surface area (Å²) >= 11 is 12.5. The molecule has 1 N–H and O–H groups in total. The zero-order chi connectivity index (χ0) is 12.3. The van der Waals surface area contributed by atoms with Crippen LogP contribution in [-0.4, -0.2) is 29.7 Å². The van der Waals surface area contributed by atoms with Gasteiger partial charge in [0.15, 0.2) is 0 Å². The molecule has 0 saturated carbocycles. The van der Waals surface area contributed by atoms with Crippen molar-refractivity contribution in [2.24, 2.45) is 0 Å². The van der Waals surface area contributed by atoms with Crippen LogP contribution in [-0.2, 0) is 0 Å². The molecule has 1 aliphatic heterocycles. The standard InChI is InChI=1S/C13H17Cl2NO/c14-10-4-3-5-11(15)13(10)12(6-9-17)16-7-1-2-8-16/h3-5,12,17H,1-2,6-9H2. The molecule has 1 saturated heterocycles. The van der Waals surface area contributed by atoms with Crippen LogP contribution in [0.5, 0.6) is 0 Å². The summed E-state index contributed by atoms with van der Waals surface area (Å²) in [6.45, 7) is 2.28. The second-order valence-electron chi connectivity index (χ2n) is 4.41. The first-order chi connectivity index (χ1) is 8.24. The number of nitrogens with zero attached hydrogens (tertiary/aromatic N) is 1. The van der Waals surface area contributed by atoms with Gasteiger partial charge in [-0.1, -0.05) is 29.3 Å². The third-order valence-electron chi connectivity index (χ3n) is 3.32. The highest BCUT2D eigenvalue weighted by Gasteiger charge is 2.26. The normalized spacial score (nSPS) is 18.5. The predicted octanol–water partition coefficient (Wildman–Crippen LogP) is 3.51. The fourth-order valence-electron chi connectivity index (χ4n) is 2.51. The summed E-state index contributed by atoms with van der Waals surface area (Å²) in [5, 5.41) is 10.6. The number of rotatable bonds is 4. The van der Waals surface area contributed by atoms with Crippen LogP contribution in [0.15, 0.2) is 18.2 Å². The predicted molar refractivity (Wildman–Crippen MR) is 71.7 cm³/mol. The van der Waals surface area contributed by atoms with Gasteiger partial charge < -0.3 is 5.11 Å². The number of halogens is 2. The van der Waals surface area contributed by atoms with Gasteiger partial charge in [0.05, 0.1) is 0 Å². The molecule has 2 nitrogen and oxygen atoms in total. The van der Waals surface area contributed by atoms with Gasteiger partial charge in [-0.3, -0.25) is 4.90 Å². The molecule has 0 aliphatic carbocycles. The summed E-state index contributed by atoms with van der Waals surface area (Å²) in [5.41, 5.74) is 0.965. The Labute approximate surface area is 112 Å². The van der Waals surface area contributed by atoms with E-state index in [9.17, 15) is 5.11 Å². The fraction of sp³-hybridized carbons (Fsp3) is 0.538. The highest BCUT2D eigenvalue weighted by molar-refractivity contribution is 6.36. The van der Waals surface area contributed by atoms with Crippen LogP contribution in [0.25, 0.3) is 0 Å². The lowest BCUT2D eigenvalue weighted by Crippen LogP contribution is -2.27. The zero-order valence-electron chi connectivity index (χ0n) is 9.70. The van der Waals surface area contributed by atoms with Crippen LogP contribution >= 0.6 is 23.2 Å². The summed E-state index contributed by atoms with van der Waals surface area (Å²) in [4.78, 5) is 2.36. The summed E-state index contributed by atoms with van der Waals surface area (Å²) in [7, 11) is 0. The Morgan fingerprint density at radius 3 is 2.29 bits per heavy atom. The van der Waals surface area contributed by atoms with Gasteiger partial charge in [-0.15, -0.1) is 0 Å². The lowest BCUT2D eigenvalue weighted by atomic mass is 10.0. The topological polar surface area (TPSA) is 23.5 Å². The molecule has 1 atom stereocenters. The van der Waals surface area contributed by atoms with E-state index < -0.39 is 0 Å². The van der Waals surface area contributed by atoms with Crippen LogP contribution in [0.3, 0.4) is 0 Å². The molecule has 1 aromatic rings. The Morgan fingerprint density at radius 1 is 1.18 bits per heavy atom. The highest BCUT2D eigenvalue weighted by atomic mass is 35.5. The van der Waals surface area contributed by atoms with E-state index in [1.54, 1.807) is 0 Å². The molecule has 2 rings (SSSR count). The summed E-state index contributed by atoms with van der Waals surface area (Å²) in [6.07, 6.45) is 3.11. The molecular weight excluding hydrogens is 257 g/mol. The fourth-order valence-corrected chi connectivity index (χ4v) is 3.16. The molecule has 1 aliphatic rings. The van der Waals surface area contributed by atoms with Crippen molar-refractivity contribution in [2.75, 3.05) is 19.7 Å². The van der Waals surface area contributed by atoms with Crippen molar-refractivity contribution in [1.29, 1.82) is 0 Å². The van der Waals surface area contributed by atoms with E-state index in [1.165, 1.54) is 12.8 Å². The third kappa shape index (κ3) is 2.94. The first-order valence-corrected chi connectivity index (χ1v) is 6.78. The molecule has 0 bridgehead atoms. The van der Waals surface area contributed by atoms with Crippen LogP contribution in [0.4, 0.5) is 0 Å². The Morgan fingerprint density at radius 2 is 1.76 bits per heavy atom. The minimum absolute atomic E-state index is 0.142. The van der Waals surface area contributed by atoms with Gasteiger partial charge in [0.25, 0.3) is 0 Å². The minimum atomic E-state index is 0.142. The number of benzene rings is 1. The van der Waals surface area contributed by atoms with Crippen molar-refractivity contribution >= 4 is 23.2 Å². The average molecular weight is 274 g/mol. The largest absolute Gasteiger partial charge is 0.396 e.